The minimum Gasteiger partial charge on any atom is -0.489 e. The number of carbonyl (C=O) groups excluding carboxylic acids is 4. The zero-order valence-electron chi connectivity index (χ0n) is 24.6. The normalized spacial score (nSPS) is 27.1. The van der Waals surface area contributed by atoms with Crippen LogP contribution in [-0.2, 0) is 16.1 Å². The van der Waals surface area contributed by atoms with E-state index in [1.54, 1.807) is 4.90 Å². The summed E-state index contributed by atoms with van der Waals surface area (Å²) in [7, 11) is 0. The van der Waals surface area contributed by atoms with Crippen LogP contribution < -0.4 is 10.1 Å². The second kappa shape index (κ2) is 11.8. The molecule has 0 radical (unpaired) electrons. The first-order valence-corrected chi connectivity index (χ1v) is 16.0. The Hall–Kier alpha value is -3.72. The lowest BCUT2D eigenvalue weighted by Gasteiger charge is -2.51. The third-order valence-electron chi connectivity index (χ3n) is 10.4. The lowest BCUT2D eigenvalue weighted by atomic mass is 9.77. The van der Waals surface area contributed by atoms with E-state index in [1.807, 2.05) is 53.4 Å². The topological polar surface area (TPSA) is 99.3 Å². The van der Waals surface area contributed by atoms with Gasteiger partial charge in [-0.25, -0.2) is 0 Å². The highest BCUT2D eigenvalue weighted by Gasteiger charge is 2.43. The lowest BCUT2D eigenvalue weighted by molar-refractivity contribution is -0.136. The number of rotatable bonds is 6. The van der Waals surface area contributed by atoms with Crippen molar-refractivity contribution in [2.24, 2.45) is 11.8 Å². The SMILES string of the molecule is O=C1CCC(N2Cc3cc(O[C@@H]4CCCC[C@H]4N4CC(C5CCN(C(=O)c6ccccc6)CC5)C4)ccc3C2=O)C(=O)N1. The number of likely N-dealkylation sites (tertiary alicyclic amines) is 2. The summed E-state index contributed by atoms with van der Waals surface area (Å²) in [6.07, 6.45) is 7.39. The molecule has 4 aliphatic heterocycles. The summed E-state index contributed by atoms with van der Waals surface area (Å²) in [5, 5.41) is 2.37. The predicted octanol–water partition coefficient (Wildman–Crippen LogP) is 3.62. The van der Waals surface area contributed by atoms with E-state index in [-0.39, 0.29) is 30.2 Å². The second-order valence-electron chi connectivity index (χ2n) is 12.9. The lowest BCUT2D eigenvalue weighted by Crippen LogP contribution is -2.60. The summed E-state index contributed by atoms with van der Waals surface area (Å²) in [4.78, 5) is 56.1. The van der Waals surface area contributed by atoms with Gasteiger partial charge in [0.05, 0.1) is 0 Å². The van der Waals surface area contributed by atoms with Gasteiger partial charge in [0, 0.05) is 56.3 Å². The number of benzene rings is 2. The number of ether oxygens (including phenoxy) is 1. The van der Waals surface area contributed by atoms with Crippen LogP contribution in [0.1, 0.15) is 77.6 Å². The molecule has 4 heterocycles. The maximum absolute atomic E-state index is 13.1. The smallest absolute Gasteiger partial charge is 0.255 e. The molecule has 9 nitrogen and oxygen atoms in total. The van der Waals surface area contributed by atoms with E-state index in [2.05, 4.69) is 10.2 Å². The zero-order valence-corrected chi connectivity index (χ0v) is 24.6. The summed E-state index contributed by atoms with van der Waals surface area (Å²) >= 11 is 0. The molecule has 9 heteroatoms. The summed E-state index contributed by atoms with van der Waals surface area (Å²) in [5.41, 5.74) is 2.26. The predicted molar refractivity (Wildman–Crippen MR) is 159 cm³/mol. The first kappa shape index (κ1) is 28.1. The molecule has 1 N–H and O–H groups in total. The van der Waals surface area contributed by atoms with Gasteiger partial charge in [-0.2, -0.15) is 0 Å². The second-order valence-corrected chi connectivity index (χ2v) is 12.9. The van der Waals surface area contributed by atoms with E-state index < -0.39 is 11.9 Å². The molecular formula is C34H40N4O5. The molecule has 4 fully saturated rings. The van der Waals surface area contributed by atoms with Crippen LogP contribution in [0, 0.1) is 11.8 Å². The molecule has 2 aromatic carbocycles. The Morgan fingerprint density at radius 1 is 0.860 bits per heavy atom. The first-order chi connectivity index (χ1) is 20.9. The van der Waals surface area contributed by atoms with Crippen LogP contribution in [0.5, 0.6) is 5.75 Å². The monoisotopic (exact) mass is 584 g/mol. The van der Waals surface area contributed by atoms with E-state index in [4.69, 9.17) is 4.74 Å². The van der Waals surface area contributed by atoms with Gasteiger partial charge in [0.1, 0.15) is 17.9 Å². The number of nitrogens with zero attached hydrogens (tertiary/aromatic N) is 3. The number of amides is 4. The molecule has 4 amide bonds. The van der Waals surface area contributed by atoms with Crippen molar-refractivity contribution < 1.29 is 23.9 Å². The number of piperidine rings is 2. The van der Waals surface area contributed by atoms with Crippen molar-refractivity contribution in [2.75, 3.05) is 26.2 Å². The highest BCUT2D eigenvalue weighted by molar-refractivity contribution is 6.05. The van der Waals surface area contributed by atoms with Crippen LogP contribution in [0.25, 0.3) is 0 Å². The number of fused-ring (bicyclic) bond motifs is 1. The fourth-order valence-corrected chi connectivity index (χ4v) is 7.89. The van der Waals surface area contributed by atoms with Crippen molar-refractivity contribution in [2.45, 2.75) is 76.1 Å². The molecule has 5 aliphatic rings. The van der Waals surface area contributed by atoms with Gasteiger partial charge in [-0.15, -0.1) is 0 Å². The minimum absolute atomic E-state index is 0.112. The van der Waals surface area contributed by atoms with E-state index in [1.165, 1.54) is 6.42 Å². The number of hydrogen-bond donors (Lipinski definition) is 1. The molecule has 1 aliphatic carbocycles. The van der Waals surface area contributed by atoms with Gasteiger partial charge in [-0.1, -0.05) is 24.6 Å². The van der Waals surface area contributed by atoms with Crippen LogP contribution in [0.2, 0.25) is 0 Å². The van der Waals surface area contributed by atoms with Crippen LogP contribution in [0.3, 0.4) is 0 Å². The molecule has 0 spiro atoms. The number of carbonyl (C=O) groups is 4. The van der Waals surface area contributed by atoms with E-state index in [0.29, 0.717) is 36.4 Å². The standard InChI is InChI=1S/C34H40N4O5/c39-31-13-12-29(32(40)35-31)38-21-24-18-26(10-11-27(24)34(38)42)43-30-9-5-4-8-28(30)37-19-25(20-37)22-14-16-36(17-15-22)33(41)23-6-2-1-3-7-23/h1-3,6-7,10-11,18,22,25,28-30H,4-5,8-9,12-17,19-21H2,(H,35,39,40)/t28-,29?,30-/m1/s1. The van der Waals surface area contributed by atoms with Crippen molar-refractivity contribution >= 4 is 23.6 Å². The fourth-order valence-electron chi connectivity index (χ4n) is 7.89. The molecule has 3 atom stereocenters. The molecular weight excluding hydrogens is 544 g/mol. The molecule has 1 unspecified atom stereocenters. The van der Waals surface area contributed by atoms with Crippen molar-refractivity contribution in [3.63, 3.8) is 0 Å². The Bertz CT molecular complexity index is 1400. The van der Waals surface area contributed by atoms with Crippen molar-refractivity contribution in [3.8, 4) is 5.75 Å². The molecule has 1 saturated carbocycles. The summed E-state index contributed by atoms with van der Waals surface area (Å²) in [6, 6.07) is 15.1. The Kier molecular flexibility index (Phi) is 7.67. The highest BCUT2D eigenvalue weighted by atomic mass is 16.5. The van der Waals surface area contributed by atoms with E-state index >= 15 is 0 Å². The van der Waals surface area contributed by atoms with E-state index in [0.717, 1.165) is 75.2 Å². The summed E-state index contributed by atoms with van der Waals surface area (Å²) < 4.78 is 6.62. The zero-order chi connectivity index (χ0) is 29.5. The van der Waals surface area contributed by atoms with Crippen molar-refractivity contribution in [3.05, 3.63) is 65.2 Å². The Morgan fingerprint density at radius 3 is 2.40 bits per heavy atom. The third kappa shape index (κ3) is 5.55. The number of imide groups is 1. The Balaban J connectivity index is 0.931. The van der Waals surface area contributed by atoms with Gasteiger partial charge in [0.15, 0.2) is 0 Å². The third-order valence-corrected chi connectivity index (χ3v) is 10.4. The molecule has 7 rings (SSSR count). The average Bonchev–Trinajstić information content (AvgIpc) is 3.32. The summed E-state index contributed by atoms with van der Waals surface area (Å²) in [5.74, 6) is 1.45. The van der Waals surface area contributed by atoms with Crippen molar-refractivity contribution in [1.29, 1.82) is 0 Å². The van der Waals surface area contributed by atoms with Gasteiger partial charge < -0.3 is 14.5 Å². The first-order valence-electron chi connectivity index (χ1n) is 16.0. The Morgan fingerprint density at radius 2 is 1.63 bits per heavy atom. The quantitative estimate of drug-likeness (QED) is 0.521. The molecule has 2 aromatic rings. The van der Waals surface area contributed by atoms with Gasteiger partial charge in [-0.3, -0.25) is 29.4 Å². The largest absolute Gasteiger partial charge is 0.489 e. The van der Waals surface area contributed by atoms with Crippen LogP contribution in [-0.4, -0.2) is 82.7 Å². The number of nitrogens with one attached hydrogen (secondary N) is 1. The Labute approximate surface area is 252 Å². The van der Waals surface area contributed by atoms with Gasteiger partial charge >= 0.3 is 0 Å². The maximum Gasteiger partial charge on any atom is 0.255 e. The molecule has 43 heavy (non-hydrogen) atoms. The summed E-state index contributed by atoms with van der Waals surface area (Å²) in [6.45, 7) is 4.23. The maximum atomic E-state index is 13.1. The van der Waals surface area contributed by atoms with Crippen LogP contribution in [0.15, 0.2) is 48.5 Å². The van der Waals surface area contributed by atoms with Crippen molar-refractivity contribution in [1.82, 2.24) is 20.0 Å². The molecule has 0 aromatic heterocycles. The molecule has 3 saturated heterocycles. The van der Waals surface area contributed by atoms with Gasteiger partial charge in [0.25, 0.3) is 11.8 Å². The number of hydrogen-bond acceptors (Lipinski definition) is 6. The van der Waals surface area contributed by atoms with Crippen LogP contribution >= 0.6 is 0 Å². The molecule has 226 valence electrons. The fraction of sp³-hybridized carbons (Fsp3) is 0.529. The van der Waals surface area contributed by atoms with Crippen LogP contribution in [0.4, 0.5) is 0 Å². The molecule has 0 bridgehead atoms. The average molecular weight is 585 g/mol. The van der Waals surface area contributed by atoms with Gasteiger partial charge in [0.2, 0.25) is 11.8 Å². The highest BCUT2D eigenvalue weighted by Crippen LogP contribution is 2.38. The minimum atomic E-state index is -0.611. The van der Waals surface area contributed by atoms with E-state index in [9.17, 15) is 19.2 Å². The van der Waals surface area contributed by atoms with Gasteiger partial charge in [-0.05, 0) is 86.3 Å².